The number of carbonyl (C=O) groups is 2. The van der Waals surface area contributed by atoms with Crippen molar-refractivity contribution in [3.8, 4) is 0 Å². The van der Waals surface area contributed by atoms with Crippen molar-refractivity contribution in [2.45, 2.75) is 19.4 Å². The van der Waals surface area contributed by atoms with Crippen molar-refractivity contribution >= 4 is 28.3 Å². The lowest BCUT2D eigenvalue weighted by Crippen LogP contribution is -2.37. The van der Waals surface area contributed by atoms with E-state index in [-0.39, 0.29) is 11.9 Å². The zero-order valence-electron chi connectivity index (χ0n) is 9.29. The molecular weight excluding hydrogens is 242 g/mol. The summed E-state index contributed by atoms with van der Waals surface area (Å²) in [6.07, 6.45) is 0.488. The first-order chi connectivity index (χ1) is 8.00. The standard InChI is InChI=1S/C10H13N3O3S/c1-5-6(9(15)16)2-3-13(5)8(14)7-4-17-10(11)12-7/h4-6H,2-3H2,1H3,(H2,11,12)(H,15,16). The molecule has 0 aliphatic carbocycles. The van der Waals surface area contributed by atoms with Gasteiger partial charge < -0.3 is 15.7 Å². The molecule has 0 aromatic carbocycles. The van der Waals surface area contributed by atoms with Crippen molar-refractivity contribution < 1.29 is 14.7 Å². The second-order valence-electron chi connectivity index (χ2n) is 4.04. The predicted octanol–water partition coefficient (Wildman–Crippen LogP) is 0.661. The molecule has 2 unspecified atom stereocenters. The number of nitrogens with two attached hydrogens (primary N) is 1. The largest absolute Gasteiger partial charge is 0.481 e. The number of aromatic nitrogens is 1. The van der Waals surface area contributed by atoms with Crippen molar-refractivity contribution in [2.75, 3.05) is 12.3 Å². The summed E-state index contributed by atoms with van der Waals surface area (Å²) in [5.74, 6) is -1.59. The second-order valence-corrected chi connectivity index (χ2v) is 4.93. The van der Waals surface area contributed by atoms with E-state index in [0.29, 0.717) is 23.8 Å². The number of amides is 1. The number of carbonyl (C=O) groups excluding carboxylic acids is 1. The number of hydrogen-bond donors (Lipinski definition) is 2. The molecule has 0 radical (unpaired) electrons. The maximum absolute atomic E-state index is 12.1. The van der Waals surface area contributed by atoms with Crippen LogP contribution in [0.3, 0.4) is 0 Å². The summed E-state index contributed by atoms with van der Waals surface area (Å²) in [6.45, 7) is 2.20. The first kappa shape index (κ1) is 11.8. The van der Waals surface area contributed by atoms with E-state index in [0.717, 1.165) is 0 Å². The SMILES string of the molecule is CC1C(C(=O)O)CCN1C(=O)c1csc(N)n1. The highest BCUT2D eigenvalue weighted by Crippen LogP contribution is 2.26. The highest BCUT2D eigenvalue weighted by atomic mass is 32.1. The Morgan fingerprint density at radius 3 is 2.82 bits per heavy atom. The molecule has 0 spiro atoms. The lowest BCUT2D eigenvalue weighted by Gasteiger charge is -2.22. The molecule has 1 aliphatic rings. The van der Waals surface area contributed by atoms with Gasteiger partial charge in [0.05, 0.1) is 5.92 Å². The van der Waals surface area contributed by atoms with Crippen LogP contribution in [0.4, 0.5) is 5.13 Å². The first-order valence-electron chi connectivity index (χ1n) is 5.25. The quantitative estimate of drug-likeness (QED) is 0.809. The van der Waals surface area contributed by atoms with Gasteiger partial charge in [0.1, 0.15) is 5.69 Å². The number of nitrogens with zero attached hydrogens (tertiary/aromatic N) is 2. The van der Waals surface area contributed by atoms with E-state index in [1.54, 1.807) is 17.2 Å². The molecule has 1 aromatic heterocycles. The number of aliphatic carboxylic acids is 1. The molecule has 0 saturated carbocycles. The third kappa shape index (κ3) is 2.10. The average Bonchev–Trinajstić information content (AvgIpc) is 2.83. The molecule has 1 saturated heterocycles. The summed E-state index contributed by atoms with van der Waals surface area (Å²) in [5.41, 5.74) is 5.76. The van der Waals surface area contributed by atoms with Gasteiger partial charge in [0, 0.05) is 18.0 Å². The Labute approximate surface area is 102 Å². The Balaban J connectivity index is 2.14. The van der Waals surface area contributed by atoms with Crippen molar-refractivity contribution in [1.82, 2.24) is 9.88 Å². The predicted molar refractivity (Wildman–Crippen MR) is 62.8 cm³/mol. The smallest absolute Gasteiger partial charge is 0.308 e. The number of nitrogen functional groups attached to an aromatic ring is 1. The van der Waals surface area contributed by atoms with E-state index < -0.39 is 11.9 Å². The van der Waals surface area contributed by atoms with Crippen molar-refractivity contribution in [2.24, 2.45) is 5.92 Å². The number of thiazole rings is 1. The molecule has 2 atom stereocenters. The summed E-state index contributed by atoms with van der Waals surface area (Å²) in [6, 6.07) is -0.303. The van der Waals surface area contributed by atoms with Crippen LogP contribution < -0.4 is 5.73 Å². The molecule has 1 aliphatic heterocycles. The molecule has 92 valence electrons. The second kappa shape index (κ2) is 4.33. The number of anilines is 1. The van der Waals surface area contributed by atoms with Crippen molar-refractivity contribution in [3.05, 3.63) is 11.1 Å². The van der Waals surface area contributed by atoms with Crippen LogP contribution in [-0.4, -0.2) is 39.5 Å². The number of rotatable bonds is 2. The fourth-order valence-corrected chi connectivity index (χ4v) is 2.63. The third-order valence-corrected chi connectivity index (χ3v) is 3.75. The monoisotopic (exact) mass is 255 g/mol. The summed E-state index contributed by atoms with van der Waals surface area (Å²) in [7, 11) is 0. The van der Waals surface area contributed by atoms with Crippen LogP contribution in [0.5, 0.6) is 0 Å². The van der Waals surface area contributed by atoms with Crippen LogP contribution in [0.25, 0.3) is 0 Å². The van der Waals surface area contributed by atoms with E-state index in [1.807, 2.05) is 0 Å². The van der Waals surface area contributed by atoms with Gasteiger partial charge in [-0.2, -0.15) is 0 Å². The zero-order chi connectivity index (χ0) is 12.6. The first-order valence-corrected chi connectivity index (χ1v) is 6.13. The fourth-order valence-electron chi connectivity index (χ4n) is 2.09. The van der Waals surface area contributed by atoms with Crippen LogP contribution >= 0.6 is 11.3 Å². The Kier molecular flexibility index (Phi) is 3.01. The van der Waals surface area contributed by atoms with Crippen molar-refractivity contribution in [1.29, 1.82) is 0 Å². The van der Waals surface area contributed by atoms with E-state index >= 15 is 0 Å². The summed E-state index contributed by atoms with van der Waals surface area (Å²) in [4.78, 5) is 28.5. The third-order valence-electron chi connectivity index (χ3n) is 3.07. The number of carboxylic acids is 1. The lowest BCUT2D eigenvalue weighted by atomic mass is 10.0. The van der Waals surface area contributed by atoms with Gasteiger partial charge in [-0.1, -0.05) is 0 Å². The molecule has 1 amide bonds. The number of carboxylic acid groups (broad SMARTS) is 1. The van der Waals surface area contributed by atoms with E-state index in [2.05, 4.69) is 4.98 Å². The van der Waals surface area contributed by atoms with Gasteiger partial charge in [-0.25, -0.2) is 4.98 Å². The maximum atomic E-state index is 12.1. The molecule has 1 aromatic rings. The van der Waals surface area contributed by atoms with Gasteiger partial charge >= 0.3 is 5.97 Å². The summed E-state index contributed by atoms with van der Waals surface area (Å²) < 4.78 is 0. The highest BCUT2D eigenvalue weighted by Gasteiger charge is 2.38. The minimum absolute atomic E-state index is 0.241. The Bertz CT molecular complexity index is 459. The molecule has 3 N–H and O–H groups in total. The molecule has 6 nitrogen and oxygen atoms in total. The van der Waals surface area contributed by atoms with E-state index in [4.69, 9.17) is 10.8 Å². The van der Waals surface area contributed by atoms with Gasteiger partial charge in [-0.15, -0.1) is 11.3 Å². The van der Waals surface area contributed by atoms with E-state index in [1.165, 1.54) is 11.3 Å². The van der Waals surface area contributed by atoms with Gasteiger partial charge in [-0.3, -0.25) is 9.59 Å². The Hall–Kier alpha value is -1.63. The van der Waals surface area contributed by atoms with Crippen LogP contribution in [0.2, 0.25) is 0 Å². The van der Waals surface area contributed by atoms with Gasteiger partial charge in [0.25, 0.3) is 5.91 Å². The minimum Gasteiger partial charge on any atom is -0.481 e. The van der Waals surface area contributed by atoms with Crippen LogP contribution in [0.1, 0.15) is 23.8 Å². The average molecular weight is 255 g/mol. The molecule has 0 bridgehead atoms. The van der Waals surface area contributed by atoms with Crippen molar-refractivity contribution in [3.63, 3.8) is 0 Å². The maximum Gasteiger partial charge on any atom is 0.308 e. The van der Waals surface area contributed by atoms with Gasteiger partial charge in [0.2, 0.25) is 0 Å². The molecular formula is C10H13N3O3S. The van der Waals surface area contributed by atoms with Crippen LogP contribution in [-0.2, 0) is 4.79 Å². The molecule has 17 heavy (non-hydrogen) atoms. The lowest BCUT2D eigenvalue weighted by molar-refractivity contribution is -0.142. The fraction of sp³-hybridized carbons (Fsp3) is 0.500. The van der Waals surface area contributed by atoms with E-state index in [9.17, 15) is 9.59 Å². The number of likely N-dealkylation sites (tertiary alicyclic amines) is 1. The number of hydrogen-bond acceptors (Lipinski definition) is 5. The Morgan fingerprint density at radius 2 is 2.35 bits per heavy atom. The molecule has 2 heterocycles. The van der Waals surface area contributed by atoms with Crippen LogP contribution in [0.15, 0.2) is 5.38 Å². The summed E-state index contributed by atoms with van der Waals surface area (Å²) in [5, 5.41) is 10.9. The van der Waals surface area contributed by atoms with Gasteiger partial charge in [0.15, 0.2) is 5.13 Å². The molecule has 1 fully saturated rings. The highest BCUT2D eigenvalue weighted by molar-refractivity contribution is 7.13. The van der Waals surface area contributed by atoms with Crippen LogP contribution in [0, 0.1) is 5.92 Å². The normalized spacial score (nSPS) is 23.9. The zero-order valence-corrected chi connectivity index (χ0v) is 10.1. The minimum atomic E-state index is -0.856. The topological polar surface area (TPSA) is 96.5 Å². The van der Waals surface area contributed by atoms with Gasteiger partial charge in [-0.05, 0) is 13.3 Å². The Morgan fingerprint density at radius 1 is 1.65 bits per heavy atom. The molecule has 7 heteroatoms. The summed E-state index contributed by atoms with van der Waals surface area (Å²) >= 11 is 1.20. The molecule has 2 rings (SSSR count).